The molecule has 0 atom stereocenters. The van der Waals surface area contributed by atoms with Crippen molar-refractivity contribution in [3.05, 3.63) is 22.0 Å². The van der Waals surface area contributed by atoms with Gasteiger partial charge in [0.2, 0.25) is 5.95 Å². The maximum atomic E-state index is 4.49. The highest BCUT2D eigenvalue weighted by atomic mass is 127. The van der Waals surface area contributed by atoms with Crippen LogP contribution in [0.2, 0.25) is 0 Å². The Morgan fingerprint density at radius 2 is 2.18 bits per heavy atom. The normalized spacial score (nSPS) is 10.9. The van der Waals surface area contributed by atoms with Gasteiger partial charge in [0.25, 0.3) is 0 Å². The zero-order valence-electron chi connectivity index (χ0n) is 9.98. The number of anilines is 1. The van der Waals surface area contributed by atoms with Crippen LogP contribution in [0.25, 0.3) is 11.4 Å². The first-order chi connectivity index (χ1) is 8.08. The van der Waals surface area contributed by atoms with Gasteiger partial charge in [-0.05, 0) is 42.5 Å². The second-order valence-electron chi connectivity index (χ2n) is 4.03. The zero-order chi connectivity index (χ0) is 12.4. The van der Waals surface area contributed by atoms with Crippen LogP contribution in [0.4, 0.5) is 5.95 Å². The van der Waals surface area contributed by atoms with Gasteiger partial charge in [0.1, 0.15) is 0 Å². The van der Waals surface area contributed by atoms with Gasteiger partial charge in [0, 0.05) is 19.3 Å². The molecule has 0 saturated carbocycles. The Morgan fingerprint density at radius 3 is 2.76 bits per heavy atom. The number of hydrogen-bond acceptors (Lipinski definition) is 4. The fraction of sp³-hybridized carbons (Fsp3) is 0.364. The maximum Gasteiger partial charge on any atom is 0.223 e. The molecule has 90 valence electrons. The smallest absolute Gasteiger partial charge is 0.223 e. The molecule has 17 heavy (non-hydrogen) atoms. The Morgan fingerprint density at radius 1 is 1.41 bits per heavy atom. The summed E-state index contributed by atoms with van der Waals surface area (Å²) >= 11 is 2.26. The predicted octanol–water partition coefficient (Wildman–Crippen LogP) is 2.30. The van der Waals surface area contributed by atoms with E-state index in [0.717, 1.165) is 15.0 Å². The molecule has 2 rings (SSSR count). The SMILES string of the molecule is CC(C)Nc1nccc(-c2c(I)cnn2C)n1. The highest BCUT2D eigenvalue weighted by Crippen LogP contribution is 2.22. The van der Waals surface area contributed by atoms with Crippen LogP contribution in [-0.2, 0) is 7.05 Å². The van der Waals surface area contributed by atoms with E-state index in [0.29, 0.717) is 12.0 Å². The van der Waals surface area contributed by atoms with Crippen molar-refractivity contribution in [2.24, 2.45) is 7.05 Å². The van der Waals surface area contributed by atoms with Gasteiger partial charge in [-0.15, -0.1) is 0 Å². The lowest BCUT2D eigenvalue weighted by atomic mass is 10.3. The number of halogens is 1. The van der Waals surface area contributed by atoms with Crippen molar-refractivity contribution in [2.45, 2.75) is 19.9 Å². The first-order valence-corrected chi connectivity index (χ1v) is 6.43. The summed E-state index contributed by atoms with van der Waals surface area (Å²) < 4.78 is 2.91. The van der Waals surface area contributed by atoms with Gasteiger partial charge in [-0.1, -0.05) is 0 Å². The van der Waals surface area contributed by atoms with Gasteiger partial charge >= 0.3 is 0 Å². The topological polar surface area (TPSA) is 55.6 Å². The van der Waals surface area contributed by atoms with Crippen molar-refractivity contribution in [3.63, 3.8) is 0 Å². The maximum absolute atomic E-state index is 4.49. The number of rotatable bonds is 3. The van der Waals surface area contributed by atoms with E-state index in [4.69, 9.17) is 0 Å². The Hall–Kier alpha value is -1.18. The summed E-state index contributed by atoms with van der Waals surface area (Å²) in [7, 11) is 1.91. The van der Waals surface area contributed by atoms with Gasteiger partial charge in [0.15, 0.2) is 0 Å². The van der Waals surface area contributed by atoms with Gasteiger partial charge < -0.3 is 5.32 Å². The van der Waals surface area contributed by atoms with E-state index in [9.17, 15) is 0 Å². The molecular weight excluding hydrogens is 329 g/mol. The van der Waals surface area contributed by atoms with Crippen molar-refractivity contribution in [1.29, 1.82) is 0 Å². The average Bonchev–Trinajstić information content (AvgIpc) is 2.58. The second-order valence-corrected chi connectivity index (χ2v) is 5.19. The lowest BCUT2D eigenvalue weighted by Gasteiger charge is -2.09. The molecule has 0 radical (unpaired) electrons. The lowest BCUT2D eigenvalue weighted by Crippen LogP contribution is -2.12. The molecule has 0 fully saturated rings. The third kappa shape index (κ3) is 2.74. The Balaban J connectivity index is 2.40. The largest absolute Gasteiger partial charge is 0.352 e. The molecule has 0 aromatic carbocycles. The molecule has 1 N–H and O–H groups in total. The molecular formula is C11H14IN5. The number of aromatic nitrogens is 4. The highest BCUT2D eigenvalue weighted by Gasteiger charge is 2.11. The quantitative estimate of drug-likeness (QED) is 0.869. The van der Waals surface area contributed by atoms with Gasteiger partial charge in [-0.2, -0.15) is 5.10 Å². The molecule has 2 heterocycles. The summed E-state index contributed by atoms with van der Waals surface area (Å²) in [4.78, 5) is 8.68. The number of nitrogens with zero attached hydrogens (tertiary/aromatic N) is 4. The predicted molar refractivity (Wildman–Crippen MR) is 75.7 cm³/mol. The molecule has 6 heteroatoms. The average molecular weight is 343 g/mol. The van der Waals surface area contributed by atoms with E-state index in [1.807, 2.05) is 24.0 Å². The molecule has 0 bridgehead atoms. The third-order valence-corrected chi connectivity index (χ3v) is 3.00. The summed E-state index contributed by atoms with van der Waals surface area (Å²) in [6.07, 6.45) is 3.59. The van der Waals surface area contributed by atoms with E-state index >= 15 is 0 Å². The number of aryl methyl sites for hydroxylation is 1. The van der Waals surface area contributed by atoms with Crippen LogP contribution in [0.3, 0.4) is 0 Å². The zero-order valence-corrected chi connectivity index (χ0v) is 12.1. The fourth-order valence-electron chi connectivity index (χ4n) is 1.52. The van der Waals surface area contributed by atoms with E-state index in [1.165, 1.54) is 0 Å². The van der Waals surface area contributed by atoms with E-state index < -0.39 is 0 Å². The van der Waals surface area contributed by atoms with Crippen molar-refractivity contribution in [3.8, 4) is 11.4 Å². The molecule has 0 aliphatic heterocycles. The van der Waals surface area contributed by atoms with E-state index in [2.05, 4.69) is 56.8 Å². The van der Waals surface area contributed by atoms with Crippen LogP contribution in [0.5, 0.6) is 0 Å². The monoisotopic (exact) mass is 343 g/mol. The molecule has 0 aliphatic rings. The van der Waals surface area contributed by atoms with Gasteiger partial charge in [0.05, 0.1) is 21.2 Å². The number of nitrogens with one attached hydrogen (secondary N) is 1. The Bertz CT molecular complexity index is 501. The van der Waals surface area contributed by atoms with Gasteiger partial charge in [-0.25, -0.2) is 9.97 Å². The van der Waals surface area contributed by atoms with Crippen molar-refractivity contribution >= 4 is 28.5 Å². The number of hydrogen-bond donors (Lipinski definition) is 1. The van der Waals surface area contributed by atoms with Gasteiger partial charge in [-0.3, -0.25) is 4.68 Å². The van der Waals surface area contributed by atoms with E-state index in [-0.39, 0.29) is 0 Å². The highest BCUT2D eigenvalue weighted by molar-refractivity contribution is 14.1. The molecule has 0 spiro atoms. The second kappa shape index (κ2) is 4.99. The Kier molecular flexibility index (Phi) is 3.60. The minimum Gasteiger partial charge on any atom is -0.352 e. The first-order valence-electron chi connectivity index (χ1n) is 5.35. The molecule has 0 saturated heterocycles. The van der Waals surface area contributed by atoms with Crippen molar-refractivity contribution in [2.75, 3.05) is 5.32 Å². The van der Waals surface area contributed by atoms with Crippen molar-refractivity contribution in [1.82, 2.24) is 19.7 Å². The van der Waals surface area contributed by atoms with Crippen LogP contribution in [0.15, 0.2) is 18.5 Å². The first kappa shape index (κ1) is 12.3. The lowest BCUT2D eigenvalue weighted by molar-refractivity contribution is 0.772. The summed E-state index contributed by atoms with van der Waals surface area (Å²) in [6, 6.07) is 2.21. The van der Waals surface area contributed by atoms with Crippen molar-refractivity contribution < 1.29 is 0 Å². The molecule has 0 unspecified atom stereocenters. The van der Waals surface area contributed by atoms with Crippen LogP contribution in [0.1, 0.15) is 13.8 Å². The molecule has 5 nitrogen and oxygen atoms in total. The van der Waals surface area contributed by atoms with Crippen LogP contribution >= 0.6 is 22.6 Å². The molecule has 0 amide bonds. The van der Waals surface area contributed by atoms with E-state index in [1.54, 1.807) is 6.20 Å². The Labute approximate surface area is 114 Å². The summed E-state index contributed by atoms with van der Waals surface area (Å²) in [5.74, 6) is 0.648. The van der Waals surface area contributed by atoms with Crippen LogP contribution in [0, 0.1) is 3.57 Å². The summed E-state index contributed by atoms with van der Waals surface area (Å²) in [6.45, 7) is 4.12. The van der Waals surface area contributed by atoms with Crippen LogP contribution in [-0.4, -0.2) is 25.8 Å². The minimum absolute atomic E-state index is 0.316. The summed E-state index contributed by atoms with van der Waals surface area (Å²) in [5, 5.41) is 7.40. The fourth-order valence-corrected chi connectivity index (χ4v) is 2.27. The molecule has 2 aromatic heterocycles. The summed E-state index contributed by atoms with van der Waals surface area (Å²) in [5.41, 5.74) is 1.90. The molecule has 0 aliphatic carbocycles. The van der Waals surface area contributed by atoms with Crippen LogP contribution < -0.4 is 5.32 Å². The molecule has 2 aromatic rings. The minimum atomic E-state index is 0.316. The third-order valence-electron chi connectivity index (χ3n) is 2.21. The standard InChI is InChI=1S/C11H14IN5/c1-7(2)15-11-13-5-4-9(16-11)10-8(12)6-14-17(10)3/h4-7H,1-3H3,(H,13,15,16).